The van der Waals surface area contributed by atoms with Gasteiger partial charge >= 0.3 is 0 Å². The van der Waals surface area contributed by atoms with Crippen molar-refractivity contribution >= 4 is 0 Å². The lowest BCUT2D eigenvalue weighted by molar-refractivity contribution is 0.249. The number of aliphatic hydroxyl groups is 1. The normalized spacial score (nSPS) is 24.3. The Morgan fingerprint density at radius 2 is 2.33 bits per heavy atom. The quantitative estimate of drug-likeness (QED) is 0.642. The highest BCUT2D eigenvalue weighted by molar-refractivity contribution is 5.08. The molecule has 1 rings (SSSR count). The molecule has 1 unspecified atom stereocenters. The van der Waals surface area contributed by atoms with E-state index in [0.29, 0.717) is 6.61 Å². The molecule has 1 aliphatic rings. The summed E-state index contributed by atoms with van der Waals surface area (Å²) in [6.45, 7) is 4.88. The second kappa shape index (κ2) is 4.66. The van der Waals surface area contributed by atoms with E-state index in [4.69, 9.17) is 5.11 Å². The Morgan fingerprint density at radius 1 is 1.58 bits per heavy atom. The van der Waals surface area contributed by atoms with E-state index in [1.807, 2.05) is 0 Å². The minimum Gasteiger partial charge on any atom is -0.396 e. The van der Waals surface area contributed by atoms with Crippen molar-refractivity contribution in [1.82, 2.24) is 0 Å². The van der Waals surface area contributed by atoms with Gasteiger partial charge in [-0.15, -0.1) is 0 Å². The lowest BCUT2D eigenvalue weighted by atomic mass is 9.84. The smallest absolute Gasteiger partial charge is 0.0433 e. The highest BCUT2D eigenvalue weighted by Crippen LogP contribution is 2.29. The molecule has 1 heteroatoms. The third-order valence-corrected chi connectivity index (χ3v) is 2.83. The molecule has 0 aromatic rings. The van der Waals surface area contributed by atoms with Crippen LogP contribution in [0.15, 0.2) is 11.6 Å². The maximum atomic E-state index is 8.77. The summed E-state index contributed by atoms with van der Waals surface area (Å²) in [5.41, 5.74) is 1.61. The standard InChI is InChI=1S/C11H20O/c1-9(2)11-5-3-10(4-6-11)7-8-12/h5,9-10,12H,3-4,6-8H2,1-2H3. The first-order valence-corrected chi connectivity index (χ1v) is 5.03. The summed E-state index contributed by atoms with van der Waals surface area (Å²) < 4.78 is 0. The van der Waals surface area contributed by atoms with E-state index in [9.17, 15) is 0 Å². The molecule has 0 amide bonds. The second-order valence-electron chi connectivity index (χ2n) is 4.09. The molecule has 0 aromatic heterocycles. The van der Waals surface area contributed by atoms with Crippen LogP contribution in [0.4, 0.5) is 0 Å². The fraction of sp³-hybridized carbons (Fsp3) is 0.818. The third-order valence-electron chi connectivity index (χ3n) is 2.83. The fourth-order valence-corrected chi connectivity index (χ4v) is 1.88. The number of rotatable bonds is 3. The zero-order valence-electron chi connectivity index (χ0n) is 8.21. The van der Waals surface area contributed by atoms with Crippen LogP contribution in [0.3, 0.4) is 0 Å². The summed E-state index contributed by atoms with van der Waals surface area (Å²) in [6, 6.07) is 0. The van der Waals surface area contributed by atoms with Crippen LogP contribution in [0.5, 0.6) is 0 Å². The highest BCUT2D eigenvalue weighted by atomic mass is 16.3. The van der Waals surface area contributed by atoms with E-state index < -0.39 is 0 Å². The first-order chi connectivity index (χ1) is 5.74. The number of allylic oxidation sites excluding steroid dienone is 2. The third kappa shape index (κ3) is 2.63. The van der Waals surface area contributed by atoms with Gasteiger partial charge in [-0.3, -0.25) is 0 Å². The maximum absolute atomic E-state index is 8.77. The van der Waals surface area contributed by atoms with Crippen molar-refractivity contribution in [3.8, 4) is 0 Å². The zero-order chi connectivity index (χ0) is 8.97. The van der Waals surface area contributed by atoms with Crippen molar-refractivity contribution in [3.05, 3.63) is 11.6 Å². The predicted molar refractivity (Wildman–Crippen MR) is 52.0 cm³/mol. The topological polar surface area (TPSA) is 20.2 Å². The Morgan fingerprint density at radius 3 is 2.75 bits per heavy atom. The van der Waals surface area contributed by atoms with Crippen LogP contribution in [-0.2, 0) is 0 Å². The van der Waals surface area contributed by atoms with Crippen LogP contribution in [-0.4, -0.2) is 11.7 Å². The van der Waals surface area contributed by atoms with Gasteiger partial charge in [0.2, 0.25) is 0 Å². The van der Waals surface area contributed by atoms with Crippen molar-refractivity contribution in [2.24, 2.45) is 11.8 Å². The van der Waals surface area contributed by atoms with Gasteiger partial charge < -0.3 is 5.11 Å². The summed E-state index contributed by atoms with van der Waals surface area (Å²) in [6.07, 6.45) is 7.09. The highest BCUT2D eigenvalue weighted by Gasteiger charge is 2.14. The Kier molecular flexibility index (Phi) is 3.80. The summed E-state index contributed by atoms with van der Waals surface area (Å²) >= 11 is 0. The van der Waals surface area contributed by atoms with Crippen molar-refractivity contribution in [3.63, 3.8) is 0 Å². The van der Waals surface area contributed by atoms with Crippen molar-refractivity contribution in [2.75, 3.05) is 6.61 Å². The van der Waals surface area contributed by atoms with Crippen molar-refractivity contribution in [2.45, 2.75) is 39.5 Å². The van der Waals surface area contributed by atoms with Crippen LogP contribution in [0.1, 0.15) is 39.5 Å². The van der Waals surface area contributed by atoms with E-state index in [1.165, 1.54) is 19.3 Å². The first kappa shape index (κ1) is 9.79. The van der Waals surface area contributed by atoms with Gasteiger partial charge in [-0.2, -0.15) is 0 Å². The van der Waals surface area contributed by atoms with Gasteiger partial charge in [-0.1, -0.05) is 25.5 Å². The Hall–Kier alpha value is -0.300. The average Bonchev–Trinajstić information content (AvgIpc) is 2.06. The van der Waals surface area contributed by atoms with E-state index in [2.05, 4.69) is 19.9 Å². The molecule has 1 N–H and O–H groups in total. The van der Waals surface area contributed by atoms with Crippen LogP contribution >= 0.6 is 0 Å². The van der Waals surface area contributed by atoms with Crippen molar-refractivity contribution in [1.29, 1.82) is 0 Å². The van der Waals surface area contributed by atoms with E-state index in [1.54, 1.807) is 5.57 Å². The predicted octanol–water partition coefficient (Wildman–Crippen LogP) is 2.75. The largest absolute Gasteiger partial charge is 0.396 e. The van der Waals surface area contributed by atoms with Gasteiger partial charge in [-0.05, 0) is 37.5 Å². The van der Waals surface area contributed by atoms with Crippen LogP contribution in [0.25, 0.3) is 0 Å². The van der Waals surface area contributed by atoms with Gasteiger partial charge in [-0.25, -0.2) is 0 Å². The van der Waals surface area contributed by atoms with Crippen molar-refractivity contribution < 1.29 is 5.11 Å². The molecule has 1 atom stereocenters. The van der Waals surface area contributed by atoms with Gasteiger partial charge in [0.25, 0.3) is 0 Å². The average molecular weight is 168 g/mol. The van der Waals surface area contributed by atoms with Gasteiger partial charge in [0.05, 0.1) is 0 Å². The number of hydrogen-bond donors (Lipinski definition) is 1. The SMILES string of the molecule is CC(C)C1=CCC(CCO)CC1. The van der Waals surface area contributed by atoms with Crippen LogP contribution in [0.2, 0.25) is 0 Å². The second-order valence-corrected chi connectivity index (χ2v) is 4.09. The molecule has 0 aliphatic heterocycles. The summed E-state index contributed by atoms with van der Waals surface area (Å²) in [4.78, 5) is 0. The van der Waals surface area contributed by atoms with Gasteiger partial charge in [0, 0.05) is 6.61 Å². The molecule has 0 radical (unpaired) electrons. The molecule has 0 heterocycles. The van der Waals surface area contributed by atoms with E-state index >= 15 is 0 Å². The minimum absolute atomic E-state index is 0.357. The molecule has 0 saturated heterocycles. The molecule has 0 fully saturated rings. The molecule has 0 aromatic carbocycles. The monoisotopic (exact) mass is 168 g/mol. The number of hydrogen-bond acceptors (Lipinski definition) is 1. The molecule has 0 spiro atoms. The lowest BCUT2D eigenvalue weighted by Crippen LogP contribution is -2.09. The Balaban J connectivity index is 2.37. The molecule has 12 heavy (non-hydrogen) atoms. The molecule has 0 bridgehead atoms. The maximum Gasteiger partial charge on any atom is 0.0433 e. The van der Waals surface area contributed by atoms with Crippen LogP contribution in [0, 0.1) is 11.8 Å². The molecule has 70 valence electrons. The fourth-order valence-electron chi connectivity index (χ4n) is 1.88. The summed E-state index contributed by atoms with van der Waals surface area (Å²) in [5.74, 6) is 1.47. The molecule has 0 saturated carbocycles. The Labute approximate surface area is 75.5 Å². The summed E-state index contributed by atoms with van der Waals surface area (Å²) in [7, 11) is 0. The molecular formula is C11H20O. The molecule has 1 nitrogen and oxygen atoms in total. The van der Waals surface area contributed by atoms with Gasteiger partial charge in [0.15, 0.2) is 0 Å². The lowest BCUT2D eigenvalue weighted by Gasteiger charge is -2.23. The van der Waals surface area contributed by atoms with E-state index in [0.717, 1.165) is 18.3 Å². The summed E-state index contributed by atoms with van der Waals surface area (Å²) in [5, 5.41) is 8.77. The van der Waals surface area contributed by atoms with Gasteiger partial charge in [0.1, 0.15) is 0 Å². The molecule has 1 aliphatic carbocycles. The minimum atomic E-state index is 0.357. The van der Waals surface area contributed by atoms with Crippen LogP contribution < -0.4 is 0 Å². The van der Waals surface area contributed by atoms with E-state index in [-0.39, 0.29) is 0 Å². The zero-order valence-corrected chi connectivity index (χ0v) is 8.21. The molecular weight excluding hydrogens is 148 g/mol. The Bertz CT molecular complexity index is 158. The first-order valence-electron chi connectivity index (χ1n) is 5.03. The number of aliphatic hydroxyl groups excluding tert-OH is 1.